The third kappa shape index (κ3) is 2.00. The van der Waals surface area contributed by atoms with E-state index < -0.39 is 12.2 Å². The minimum absolute atomic E-state index is 0.311. The molecule has 6 heteroatoms. The third-order valence-corrected chi connectivity index (χ3v) is 3.27. The topological polar surface area (TPSA) is 97.2 Å². The molecule has 6 nitrogen and oxygen atoms in total. The van der Waals surface area contributed by atoms with E-state index in [-0.39, 0.29) is 6.04 Å². The largest absolute Gasteiger partial charge is 0.388 e. The Bertz CT molecular complexity index is 623. The Balaban J connectivity index is 1.93. The highest BCUT2D eigenvalue weighted by molar-refractivity contribution is 5.69. The van der Waals surface area contributed by atoms with E-state index in [1.807, 2.05) is 6.07 Å². The zero-order valence-electron chi connectivity index (χ0n) is 10.1. The molecule has 0 radical (unpaired) electrons. The highest BCUT2D eigenvalue weighted by Gasteiger charge is 2.29. The summed E-state index contributed by atoms with van der Waals surface area (Å²) in [6.45, 7) is 0. The Hall–Kier alpha value is -2.18. The van der Waals surface area contributed by atoms with E-state index in [4.69, 9.17) is 5.73 Å². The van der Waals surface area contributed by atoms with Crippen LogP contribution in [0.3, 0.4) is 0 Å². The monoisotopic (exact) mass is 258 g/mol. The number of aromatic nitrogens is 3. The van der Waals surface area contributed by atoms with Gasteiger partial charge in [0, 0.05) is 18.0 Å². The molecule has 2 aromatic rings. The third-order valence-electron chi connectivity index (χ3n) is 3.27. The van der Waals surface area contributed by atoms with Gasteiger partial charge in [0.15, 0.2) is 0 Å². The van der Waals surface area contributed by atoms with Crippen LogP contribution in [0.25, 0.3) is 11.3 Å². The summed E-state index contributed by atoms with van der Waals surface area (Å²) < 4.78 is 1.75. The van der Waals surface area contributed by atoms with E-state index in [2.05, 4.69) is 9.97 Å². The first-order chi connectivity index (χ1) is 9.16. The summed E-state index contributed by atoms with van der Waals surface area (Å²) in [6.07, 6.45) is 6.66. The van der Waals surface area contributed by atoms with Crippen LogP contribution >= 0.6 is 0 Å². The van der Waals surface area contributed by atoms with Crippen molar-refractivity contribution in [3.05, 3.63) is 43.0 Å². The summed E-state index contributed by atoms with van der Waals surface area (Å²) >= 11 is 0. The van der Waals surface area contributed by atoms with Crippen molar-refractivity contribution in [3.63, 3.8) is 0 Å². The molecule has 19 heavy (non-hydrogen) atoms. The average Bonchev–Trinajstić information content (AvgIpc) is 2.99. The van der Waals surface area contributed by atoms with Gasteiger partial charge < -0.3 is 20.5 Å². The van der Waals surface area contributed by atoms with Crippen LogP contribution in [0.1, 0.15) is 6.04 Å². The Kier molecular flexibility index (Phi) is 2.81. The first-order valence-corrected chi connectivity index (χ1v) is 5.95. The molecule has 4 N–H and O–H groups in total. The van der Waals surface area contributed by atoms with Crippen molar-refractivity contribution in [2.45, 2.75) is 18.2 Å². The summed E-state index contributed by atoms with van der Waals surface area (Å²) in [5.41, 5.74) is 7.24. The molecule has 98 valence electrons. The molecule has 1 aliphatic carbocycles. The molecule has 0 saturated carbocycles. The molecular weight excluding hydrogens is 244 g/mol. The van der Waals surface area contributed by atoms with Crippen molar-refractivity contribution >= 4 is 5.82 Å². The molecule has 0 fully saturated rings. The fourth-order valence-corrected chi connectivity index (χ4v) is 2.21. The molecule has 0 amide bonds. The van der Waals surface area contributed by atoms with Crippen molar-refractivity contribution in [3.8, 4) is 11.3 Å². The maximum absolute atomic E-state index is 9.85. The van der Waals surface area contributed by atoms with E-state index in [1.54, 1.807) is 41.5 Å². The first-order valence-electron chi connectivity index (χ1n) is 5.95. The van der Waals surface area contributed by atoms with Gasteiger partial charge in [0.25, 0.3) is 0 Å². The van der Waals surface area contributed by atoms with Crippen LogP contribution < -0.4 is 5.73 Å². The second kappa shape index (κ2) is 4.49. The van der Waals surface area contributed by atoms with Crippen molar-refractivity contribution in [1.29, 1.82) is 0 Å². The number of imidazole rings is 1. The van der Waals surface area contributed by atoms with Crippen molar-refractivity contribution < 1.29 is 10.2 Å². The van der Waals surface area contributed by atoms with Gasteiger partial charge in [-0.3, -0.25) is 0 Å². The Morgan fingerprint density at radius 1 is 1.21 bits per heavy atom. The molecule has 1 aliphatic rings. The number of rotatable bonds is 2. The van der Waals surface area contributed by atoms with Crippen LogP contribution in [-0.4, -0.2) is 37.0 Å². The summed E-state index contributed by atoms with van der Waals surface area (Å²) in [4.78, 5) is 8.28. The molecule has 0 aromatic carbocycles. The summed E-state index contributed by atoms with van der Waals surface area (Å²) in [7, 11) is 0. The highest BCUT2D eigenvalue weighted by atomic mass is 16.3. The smallest absolute Gasteiger partial charge is 0.132 e. The number of nitrogens with zero attached hydrogens (tertiary/aromatic N) is 3. The lowest BCUT2D eigenvalue weighted by Gasteiger charge is -2.17. The van der Waals surface area contributed by atoms with E-state index in [1.165, 1.54) is 0 Å². The van der Waals surface area contributed by atoms with Gasteiger partial charge >= 0.3 is 0 Å². The Morgan fingerprint density at radius 2 is 2.05 bits per heavy atom. The van der Waals surface area contributed by atoms with Crippen LogP contribution in [-0.2, 0) is 0 Å². The second-order valence-corrected chi connectivity index (χ2v) is 4.50. The zero-order valence-corrected chi connectivity index (χ0v) is 10.1. The van der Waals surface area contributed by atoms with Gasteiger partial charge in [0.2, 0.25) is 0 Å². The summed E-state index contributed by atoms with van der Waals surface area (Å²) in [5.74, 6) is 0.412. The molecule has 0 aliphatic heterocycles. The molecule has 2 heterocycles. The van der Waals surface area contributed by atoms with E-state index in [9.17, 15) is 10.2 Å². The molecule has 0 spiro atoms. The predicted molar refractivity (Wildman–Crippen MR) is 70.1 cm³/mol. The van der Waals surface area contributed by atoms with Gasteiger partial charge in [-0.05, 0) is 12.1 Å². The molecule has 0 bridgehead atoms. The van der Waals surface area contributed by atoms with Gasteiger partial charge in [0.1, 0.15) is 18.0 Å². The van der Waals surface area contributed by atoms with Gasteiger partial charge in [-0.15, -0.1) is 0 Å². The highest BCUT2D eigenvalue weighted by Crippen LogP contribution is 2.27. The van der Waals surface area contributed by atoms with E-state index in [0.717, 1.165) is 5.56 Å². The minimum atomic E-state index is -0.853. The number of hydrogen-bond acceptors (Lipinski definition) is 5. The van der Waals surface area contributed by atoms with Crippen molar-refractivity contribution in [2.24, 2.45) is 0 Å². The SMILES string of the molecule is Nc1ncccc1-c1cn(C2C=C[C@@H](O)[C@H]2O)cn1. The zero-order chi connectivity index (χ0) is 13.4. The molecule has 2 aromatic heterocycles. The first kappa shape index (κ1) is 11.9. The predicted octanol–water partition coefficient (Wildman–Crippen LogP) is 0.360. The van der Waals surface area contributed by atoms with Crippen LogP contribution in [0.4, 0.5) is 5.82 Å². The number of pyridine rings is 1. The summed E-state index contributed by atoms with van der Waals surface area (Å²) in [6, 6.07) is 3.32. The van der Waals surface area contributed by atoms with Crippen molar-refractivity contribution in [1.82, 2.24) is 14.5 Å². The number of nitrogens with two attached hydrogens (primary N) is 1. The normalized spacial score (nSPS) is 25.9. The van der Waals surface area contributed by atoms with Crippen molar-refractivity contribution in [2.75, 3.05) is 5.73 Å². The molecule has 3 rings (SSSR count). The minimum Gasteiger partial charge on any atom is -0.388 e. The number of anilines is 1. The van der Waals surface area contributed by atoms with Gasteiger partial charge in [-0.1, -0.05) is 12.2 Å². The lowest BCUT2D eigenvalue weighted by Crippen LogP contribution is -2.27. The lowest BCUT2D eigenvalue weighted by molar-refractivity contribution is 0.0368. The van der Waals surface area contributed by atoms with E-state index >= 15 is 0 Å². The second-order valence-electron chi connectivity index (χ2n) is 4.50. The Labute approximate surface area is 109 Å². The number of aliphatic hydroxyl groups excluding tert-OH is 2. The van der Waals surface area contributed by atoms with Gasteiger partial charge in [-0.2, -0.15) is 0 Å². The standard InChI is InChI=1S/C13H14N4O2/c14-13-8(2-1-5-15-13)9-6-17(7-16-9)10-3-4-11(18)12(10)19/h1-7,10-12,18-19H,(H2,14,15)/t10?,11-,12+/m1/s1. The Morgan fingerprint density at radius 3 is 2.74 bits per heavy atom. The number of hydrogen-bond donors (Lipinski definition) is 3. The van der Waals surface area contributed by atoms with Crippen LogP contribution in [0.15, 0.2) is 43.0 Å². The number of nitrogen functional groups attached to an aromatic ring is 1. The molecule has 0 saturated heterocycles. The van der Waals surface area contributed by atoms with Gasteiger partial charge in [-0.25, -0.2) is 9.97 Å². The fourth-order valence-electron chi connectivity index (χ4n) is 2.21. The van der Waals surface area contributed by atoms with E-state index in [0.29, 0.717) is 11.5 Å². The maximum Gasteiger partial charge on any atom is 0.132 e. The molecule has 1 unspecified atom stereocenters. The fraction of sp³-hybridized carbons (Fsp3) is 0.231. The van der Waals surface area contributed by atoms with Crippen LogP contribution in [0, 0.1) is 0 Å². The average molecular weight is 258 g/mol. The van der Waals surface area contributed by atoms with Gasteiger partial charge in [0.05, 0.1) is 18.1 Å². The quantitative estimate of drug-likeness (QED) is 0.676. The maximum atomic E-state index is 9.85. The molecule has 3 atom stereocenters. The lowest BCUT2D eigenvalue weighted by atomic mass is 10.2. The van der Waals surface area contributed by atoms with Crippen LogP contribution in [0.5, 0.6) is 0 Å². The molecular formula is C13H14N4O2. The summed E-state index contributed by atoms with van der Waals surface area (Å²) in [5, 5.41) is 19.3. The number of aliphatic hydroxyl groups is 2. The van der Waals surface area contributed by atoms with Crippen LogP contribution in [0.2, 0.25) is 0 Å².